The molecule has 0 aromatic heterocycles. The minimum absolute atomic E-state index is 0.758. The quantitative estimate of drug-likeness (QED) is 0.543. The molecule has 0 spiro atoms. The van der Waals surface area contributed by atoms with Crippen LogP contribution in [-0.4, -0.2) is 4.83 Å². The summed E-state index contributed by atoms with van der Waals surface area (Å²) in [5.74, 6) is 0.888. The minimum atomic E-state index is 0.758. The van der Waals surface area contributed by atoms with Gasteiger partial charge >= 0.3 is 0 Å². The van der Waals surface area contributed by atoms with Crippen molar-refractivity contribution in [3.05, 3.63) is 35.9 Å². The van der Waals surface area contributed by atoms with Crippen molar-refractivity contribution in [2.75, 3.05) is 0 Å². The van der Waals surface area contributed by atoms with Crippen LogP contribution in [0.4, 0.5) is 0 Å². The highest BCUT2D eigenvalue weighted by molar-refractivity contribution is 9.09. The fraction of sp³-hybridized carbons (Fsp3) is 0.571. The molecule has 15 heavy (non-hydrogen) atoms. The van der Waals surface area contributed by atoms with Crippen molar-refractivity contribution in [2.45, 2.75) is 43.4 Å². The summed E-state index contributed by atoms with van der Waals surface area (Å²) in [4.78, 5) is 0.758. The number of alkyl halides is 1. The third kappa shape index (κ3) is 3.64. The van der Waals surface area contributed by atoms with Crippen LogP contribution in [0.15, 0.2) is 30.3 Å². The highest BCUT2D eigenvalue weighted by atomic mass is 79.9. The van der Waals surface area contributed by atoms with Gasteiger partial charge in [-0.15, -0.1) is 0 Å². The Balaban J connectivity index is 1.93. The zero-order valence-corrected chi connectivity index (χ0v) is 10.7. The van der Waals surface area contributed by atoms with Crippen LogP contribution in [0.5, 0.6) is 0 Å². The van der Waals surface area contributed by atoms with Gasteiger partial charge in [-0.25, -0.2) is 0 Å². The van der Waals surface area contributed by atoms with E-state index in [1.165, 1.54) is 44.1 Å². The first-order valence-electron chi connectivity index (χ1n) is 6.02. The summed E-state index contributed by atoms with van der Waals surface area (Å²) in [6.45, 7) is 0. The van der Waals surface area contributed by atoms with E-state index in [9.17, 15) is 0 Å². The minimum Gasteiger partial charge on any atom is -0.0891 e. The molecule has 0 heterocycles. The van der Waals surface area contributed by atoms with E-state index in [1.54, 1.807) is 0 Å². The SMILES string of the molecule is BrC1CCCCC(Cc2ccccc2)C1. The number of rotatable bonds is 2. The molecule has 2 atom stereocenters. The summed E-state index contributed by atoms with van der Waals surface area (Å²) in [6.07, 6.45) is 8.22. The Bertz CT molecular complexity index is 281. The average Bonchev–Trinajstić information content (AvgIpc) is 2.44. The summed E-state index contributed by atoms with van der Waals surface area (Å²) >= 11 is 3.79. The van der Waals surface area contributed by atoms with Gasteiger partial charge < -0.3 is 0 Å². The number of halogens is 1. The molecule has 2 rings (SSSR count). The van der Waals surface area contributed by atoms with Crippen LogP contribution in [0.3, 0.4) is 0 Å². The van der Waals surface area contributed by atoms with E-state index in [4.69, 9.17) is 0 Å². The second kappa shape index (κ2) is 5.69. The molecule has 0 saturated heterocycles. The van der Waals surface area contributed by atoms with E-state index in [2.05, 4.69) is 46.3 Å². The Morgan fingerprint density at radius 2 is 1.80 bits per heavy atom. The molecule has 1 aliphatic rings. The van der Waals surface area contributed by atoms with Crippen LogP contribution in [0, 0.1) is 5.92 Å². The molecule has 0 bridgehead atoms. The zero-order valence-electron chi connectivity index (χ0n) is 9.16. The van der Waals surface area contributed by atoms with Crippen LogP contribution in [-0.2, 0) is 6.42 Å². The molecule has 0 N–H and O–H groups in total. The van der Waals surface area contributed by atoms with Crippen molar-refractivity contribution < 1.29 is 0 Å². The van der Waals surface area contributed by atoms with E-state index in [0.717, 1.165) is 10.7 Å². The Hall–Kier alpha value is -0.300. The first-order valence-corrected chi connectivity index (χ1v) is 6.94. The molecule has 0 amide bonds. The number of hydrogen-bond donors (Lipinski definition) is 0. The monoisotopic (exact) mass is 266 g/mol. The van der Waals surface area contributed by atoms with Gasteiger partial charge in [-0.3, -0.25) is 0 Å². The number of benzene rings is 1. The lowest BCUT2D eigenvalue weighted by molar-refractivity contribution is 0.463. The lowest BCUT2D eigenvalue weighted by atomic mass is 9.92. The van der Waals surface area contributed by atoms with E-state index in [-0.39, 0.29) is 0 Å². The molecule has 0 nitrogen and oxygen atoms in total. The molecule has 1 saturated carbocycles. The molecular formula is C14H19Br. The van der Waals surface area contributed by atoms with E-state index >= 15 is 0 Å². The lowest BCUT2D eigenvalue weighted by Crippen LogP contribution is -2.08. The highest BCUT2D eigenvalue weighted by Gasteiger charge is 2.18. The molecule has 82 valence electrons. The van der Waals surface area contributed by atoms with Gasteiger partial charge in [-0.05, 0) is 30.7 Å². The molecule has 1 fully saturated rings. The summed E-state index contributed by atoms with van der Waals surface area (Å²) < 4.78 is 0. The summed E-state index contributed by atoms with van der Waals surface area (Å²) in [7, 11) is 0. The predicted octanol–water partition coefficient (Wildman–Crippen LogP) is 4.57. The van der Waals surface area contributed by atoms with E-state index < -0.39 is 0 Å². The molecule has 1 aromatic rings. The third-order valence-electron chi connectivity index (χ3n) is 3.34. The molecule has 2 unspecified atom stereocenters. The van der Waals surface area contributed by atoms with Crippen molar-refractivity contribution in [1.29, 1.82) is 0 Å². The molecular weight excluding hydrogens is 248 g/mol. The Morgan fingerprint density at radius 3 is 2.60 bits per heavy atom. The largest absolute Gasteiger partial charge is 0.0891 e. The van der Waals surface area contributed by atoms with Gasteiger partial charge in [0.25, 0.3) is 0 Å². The smallest absolute Gasteiger partial charge is 0.0148 e. The van der Waals surface area contributed by atoms with E-state index in [0.29, 0.717) is 0 Å². The van der Waals surface area contributed by atoms with Crippen LogP contribution in [0.2, 0.25) is 0 Å². The fourth-order valence-electron chi connectivity index (χ4n) is 2.53. The van der Waals surface area contributed by atoms with Crippen LogP contribution in [0.1, 0.15) is 37.7 Å². The summed E-state index contributed by atoms with van der Waals surface area (Å²) in [6, 6.07) is 10.9. The van der Waals surface area contributed by atoms with Gasteiger partial charge in [0.15, 0.2) is 0 Å². The second-order valence-corrected chi connectivity index (χ2v) is 5.97. The van der Waals surface area contributed by atoms with Crippen molar-refractivity contribution in [1.82, 2.24) is 0 Å². The third-order valence-corrected chi connectivity index (χ3v) is 4.17. The summed E-state index contributed by atoms with van der Waals surface area (Å²) in [5, 5.41) is 0. The highest BCUT2D eigenvalue weighted by Crippen LogP contribution is 2.29. The van der Waals surface area contributed by atoms with Crippen molar-refractivity contribution in [3.8, 4) is 0 Å². The maximum absolute atomic E-state index is 3.79. The van der Waals surface area contributed by atoms with Gasteiger partial charge in [0.1, 0.15) is 0 Å². The first-order chi connectivity index (χ1) is 7.34. The van der Waals surface area contributed by atoms with Gasteiger partial charge in [-0.2, -0.15) is 0 Å². The van der Waals surface area contributed by atoms with Gasteiger partial charge in [0, 0.05) is 4.83 Å². The van der Waals surface area contributed by atoms with Crippen LogP contribution >= 0.6 is 15.9 Å². The Kier molecular flexibility index (Phi) is 4.25. The second-order valence-electron chi connectivity index (χ2n) is 4.67. The van der Waals surface area contributed by atoms with Crippen LogP contribution in [0.25, 0.3) is 0 Å². The molecule has 0 radical (unpaired) electrons. The van der Waals surface area contributed by atoms with E-state index in [1.807, 2.05) is 0 Å². The first kappa shape index (κ1) is 11.2. The van der Waals surface area contributed by atoms with Gasteiger partial charge in [0.2, 0.25) is 0 Å². The van der Waals surface area contributed by atoms with Crippen molar-refractivity contribution in [3.63, 3.8) is 0 Å². The lowest BCUT2D eigenvalue weighted by Gasteiger charge is -2.16. The molecule has 1 heteroatoms. The Labute approximate surface area is 101 Å². The topological polar surface area (TPSA) is 0 Å². The zero-order chi connectivity index (χ0) is 10.5. The number of hydrogen-bond acceptors (Lipinski definition) is 0. The predicted molar refractivity (Wildman–Crippen MR) is 69.4 cm³/mol. The van der Waals surface area contributed by atoms with Crippen LogP contribution < -0.4 is 0 Å². The van der Waals surface area contributed by atoms with Gasteiger partial charge in [0.05, 0.1) is 0 Å². The average molecular weight is 267 g/mol. The maximum Gasteiger partial charge on any atom is 0.0148 e. The maximum atomic E-state index is 3.79. The van der Waals surface area contributed by atoms with Crippen molar-refractivity contribution >= 4 is 15.9 Å². The normalized spacial score (nSPS) is 27.3. The fourth-order valence-corrected chi connectivity index (χ4v) is 3.38. The van der Waals surface area contributed by atoms with Gasteiger partial charge in [-0.1, -0.05) is 65.5 Å². The molecule has 1 aliphatic carbocycles. The molecule has 0 aliphatic heterocycles. The summed E-state index contributed by atoms with van der Waals surface area (Å²) in [5.41, 5.74) is 1.50. The molecule has 1 aromatic carbocycles. The Morgan fingerprint density at radius 1 is 1.07 bits per heavy atom. The van der Waals surface area contributed by atoms with Crippen molar-refractivity contribution in [2.24, 2.45) is 5.92 Å². The standard InChI is InChI=1S/C14H19Br/c15-14-9-5-4-8-13(11-14)10-12-6-2-1-3-7-12/h1-3,6-7,13-14H,4-5,8-11H2.